The predicted molar refractivity (Wildman–Crippen MR) is 81.9 cm³/mol. The molecule has 4 nitrogen and oxygen atoms in total. The number of nitrogen functional groups attached to an aromatic ring is 1. The minimum atomic E-state index is -1.62. The number of benzene rings is 2. The summed E-state index contributed by atoms with van der Waals surface area (Å²) in [6, 6.07) is 11.2. The van der Waals surface area contributed by atoms with Crippen molar-refractivity contribution in [2.45, 2.75) is 11.8 Å². The Kier molecular flexibility index (Phi) is 4.70. The van der Waals surface area contributed by atoms with Crippen LogP contribution in [-0.4, -0.2) is 15.9 Å². The van der Waals surface area contributed by atoms with Gasteiger partial charge in [-0.2, -0.15) is 0 Å². The van der Waals surface area contributed by atoms with Crippen LogP contribution in [-0.2, 0) is 15.6 Å². The zero-order valence-corrected chi connectivity index (χ0v) is 12.2. The van der Waals surface area contributed by atoms with Gasteiger partial charge >= 0.3 is 0 Å². The Hall–Kier alpha value is -2.21. The van der Waals surface area contributed by atoms with Crippen molar-refractivity contribution in [2.75, 3.05) is 16.8 Å². The summed E-state index contributed by atoms with van der Waals surface area (Å²) in [5.74, 6) is -1.27. The average Bonchev–Trinajstić information content (AvgIpc) is 2.44. The quantitative estimate of drug-likeness (QED) is 0.852. The fourth-order valence-corrected chi connectivity index (χ4v) is 2.68. The summed E-state index contributed by atoms with van der Waals surface area (Å²) in [4.78, 5) is 12.1. The molecule has 2 aromatic rings. The van der Waals surface area contributed by atoms with Crippen LogP contribution in [0.25, 0.3) is 0 Å². The molecule has 21 heavy (non-hydrogen) atoms. The van der Waals surface area contributed by atoms with Crippen molar-refractivity contribution in [2.24, 2.45) is 0 Å². The molecule has 0 aliphatic heterocycles. The Bertz CT molecular complexity index is 704. The van der Waals surface area contributed by atoms with Crippen molar-refractivity contribution in [1.29, 1.82) is 0 Å². The molecule has 0 aliphatic rings. The van der Waals surface area contributed by atoms with Gasteiger partial charge in [-0.3, -0.25) is 9.00 Å². The lowest BCUT2D eigenvalue weighted by Crippen LogP contribution is -2.20. The molecule has 0 aliphatic carbocycles. The predicted octanol–water partition coefficient (Wildman–Crippen LogP) is 2.46. The van der Waals surface area contributed by atoms with Crippen molar-refractivity contribution in [3.63, 3.8) is 0 Å². The van der Waals surface area contributed by atoms with Gasteiger partial charge in [-0.25, -0.2) is 4.39 Å². The van der Waals surface area contributed by atoms with Crippen LogP contribution < -0.4 is 11.1 Å². The third-order valence-electron chi connectivity index (χ3n) is 2.92. The van der Waals surface area contributed by atoms with Crippen LogP contribution in [0.4, 0.5) is 15.8 Å². The van der Waals surface area contributed by atoms with Crippen LogP contribution in [0.1, 0.15) is 5.56 Å². The molecule has 0 aromatic heterocycles. The molecule has 0 saturated heterocycles. The first-order valence-corrected chi connectivity index (χ1v) is 7.58. The molecule has 0 bridgehead atoms. The molecule has 6 heteroatoms. The smallest absolute Gasteiger partial charge is 0.237 e. The SMILES string of the molecule is Cc1ccccc1NC(=O)CS(=O)c1ccc(N)c(F)c1. The first kappa shape index (κ1) is 15.2. The van der Waals surface area contributed by atoms with E-state index in [4.69, 9.17) is 5.73 Å². The van der Waals surface area contributed by atoms with E-state index in [1.165, 1.54) is 12.1 Å². The lowest BCUT2D eigenvalue weighted by atomic mass is 10.2. The second-order valence-electron chi connectivity index (χ2n) is 4.54. The van der Waals surface area contributed by atoms with Gasteiger partial charge in [0, 0.05) is 10.6 Å². The van der Waals surface area contributed by atoms with Crippen molar-refractivity contribution in [3.8, 4) is 0 Å². The minimum absolute atomic E-state index is 0.0138. The topological polar surface area (TPSA) is 72.2 Å². The number of hydrogen-bond donors (Lipinski definition) is 2. The second kappa shape index (κ2) is 6.49. The van der Waals surface area contributed by atoms with Crippen LogP contribution in [0.5, 0.6) is 0 Å². The van der Waals surface area contributed by atoms with E-state index in [1.54, 1.807) is 12.1 Å². The van der Waals surface area contributed by atoms with Gasteiger partial charge in [0.2, 0.25) is 5.91 Å². The van der Waals surface area contributed by atoms with E-state index >= 15 is 0 Å². The highest BCUT2D eigenvalue weighted by molar-refractivity contribution is 7.85. The molecule has 0 heterocycles. The van der Waals surface area contributed by atoms with E-state index in [0.29, 0.717) is 5.69 Å². The molecule has 2 aromatic carbocycles. The third kappa shape index (κ3) is 3.88. The normalized spacial score (nSPS) is 11.9. The summed E-state index contributed by atoms with van der Waals surface area (Å²) in [5.41, 5.74) is 6.92. The van der Waals surface area contributed by atoms with E-state index in [0.717, 1.165) is 11.6 Å². The second-order valence-corrected chi connectivity index (χ2v) is 5.99. The maximum atomic E-state index is 13.3. The molecule has 1 amide bonds. The number of carbonyl (C=O) groups excluding carboxylic acids is 1. The molecule has 2 rings (SSSR count). The summed E-state index contributed by atoms with van der Waals surface area (Å²) in [6.07, 6.45) is 0. The summed E-state index contributed by atoms with van der Waals surface area (Å²) in [5, 5.41) is 2.69. The number of hydrogen-bond acceptors (Lipinski definition) is 3. The average molecular weight is 306 g/mol. The molecular formula is C15H15FN2O2S. The van der Waals surface area contributed by atoms with Crippen molar-refractivity contribution in [1.82, 2.24) is 0 Å². The largest absolute Gasteiger partial charge is 0.396 e. The number of anilines is 2. The Morgan fingerprint density at radius 3 is 2.67 bits per heavy atom. The van der Waals surface area contributed by atoms with Crippen LogP contribution >= 0.6 is 0 Å². The number of aryl methyl sites for hydroxylation is 1. The van der Waals surface area contributed by atoms with E-state index in [9.17, 15) is 13.4 Å². The fourth-order valence-electron chi connectivity index (χ4n) is 1.75. The molecular weight excluding hydrogens is 291 g/mol. The third-order valence-corrected chi connectivity index (χ3v) is 4.22. The lowest BCUT2D eigenvalue weighted by Gasteiger charge is -2.08. The number of carbonyl (C=O) groups is 1. The Labute approximate surface area is 124 Å². The first-order valence-electron chi connectivity index (χ1n) is 6.26. The summed E-state index contributed by atoms with van der Waals surface area (Å²) < 4.78 is 25.4. The van der Waals surface area contributed by atoms with Crippen LogP contribution in [0.15, 0.2) is 47.4 Å². The highest BCUT2D eigenvalue weighted by Gasteiger charge is 2.12. The molecule has 1 atom stereocenters. The number of nitrogens with two attached hydrogens (primary N) is 1. The lowest BCUT2D eigenvalue weighted by molar-refractivity contribution is -0.113. The Balaban J connectivity index is 2.04. The van der Waals surface area contributed by atoms with Crippen molar-refractivity contribution < 1.29 is 13.4 Å². The van der Waals surface area contributed by atoms with Gasteiger partial charge in [0.25, 0.3) is 0 Å². The van der Waals surface area contributed by atoms with Crippen LogP contribution in [0, 0.1) is 12.7 Å². The monoisotopic (exact) mass is 306 g/mol. The maximum Gasteiger partial charge on any atom is 0.237 e. The van der Waals surface area contributed by atoms with Gasteiger partial charge in [0.15, 0.2) is 0 Å². The summed E-state index contributed by atoms with van der Waals surface area (Å²) >= 11 is 0. The Morgan fingerprint density at radius 2 is 2.00 bits per heavy atom. The summed E-state index contributed by atoms with van der Waals surface area (Å²) in [7, 11) is -1.62. The number of amides is 1. The zero-order valence-electron chi connectivity index (χ0n) is 11.4. The minimum Gasteiger partial charge on any atom is -0.396 e. The molecule has 0 saturated carbocycles. The van der Waals surface area contributed by atoms with Gasteiger partial charge in [-0.1, -0.05) is 18.2 Å². The molecule has 0 radical (unpaired) electrons. The molecule has 3 N–H and O–H groups in total. The molecule has 0 spiro atoms. The summed E-state index contributed by atoms with van der Waals surface area (Å²) in [6.45, 7) is 1.86. The van der Waals surface area contributed by atoms with Crippen LogP contribution in [0.2, 0.25) is 0 Å². The molecule has 1 unspecified atom stereocenters. The van der Waals surface area contributed by atoms with Crippen molar-refractivity contribution in [3.05, 3.63) is 53.8 Å². The van der Waals surface area contributed by atoms with E-state index < -0.39 is 16.6 Å². The van der Waals surface area contributed by atoms with Gasteiger partial charge in [0.1, 0.15) is 11.6 Å². The zero-order chi connectivity index (χ0) is 15.4. The number of para-hydroxylation sites is 1. The number of halogens is 1. The fraction of sp³-hybridized carbons (Fsp3) is 0.133. The highest BCUT2D eigenvalue weighted by atomic mass is 32.2. The van der Waals surface area contributed by atoms with Gasteiger partial charge in [0.05, 0.1) is 16.5 Å². The van der Waals surface area contributed by atoms with Gasteiger partial charge in [-0.05, 0) is 36.8 Å². The Morgan fingerprint density at radius 1 is 1.29 bits per heavy atom. The van der Waals surface area contributed by atoms with E-state index in [1.807, 2.05) is 19.1 Å². The standard InChI is InChI=1S/C15H15FN2O2S/c1-10-4-2-3-5-14(10)18-15(19)9-21(20)11-6-7-13(17)12(16)8-11/h2-8H,9,17H2,1H3,(H,18,19). The number of rotatable bonds is 4. The highest BCUT2D eigenvalue weighted by Crippen LogP contribution is 2.16. The molecule has 110 valence electrons. The van der Waals surface area contributed by atoms with Gasteiger partial charge < -0.3 is 11.1 Å². The van der Waals surface area contributed by atoms with Gasteiger partial charge in [-0.15, -0.1) is 0 Å². The number of nitrogens with one attached hydrogen (secondary N) is 1. The van der Waals surface area contributed by atoms with Crippen molar-refractivity contribution >= 4 is 28.1 Å². The maximum absolute atomic E-state index is 13.3. The first-order chi connectivity index (χ1) is 9.97. The molecule has 0 fully saturated rings. The van der Waals surface area contributed by atoms with Crippen LogP contribution in [0.3, 0.4) is 0 Å². The van der Waals surface area contributed by atoms with E-state index in [2.05, 4.69) is 5.32 Å². The van der Waals surface area contributed by atoms with E-state index in [-0.39, 0.29) is 22.2 Å².